The zero-order valence-electron chi connectivity index (χ0n) is 23.5. The molecule has 0 fully saturated rings. The Morgan fingerprint density at radius 1 is 0.895 bits per heavy atom. The Bertz CT molecular complexity index is 931. The average Bonchev–Trinajstić information content (AvgIpc) is 2.85. The molecule has 1 rings (SSSR count). The van der Waals surface area contributed by atoms with Crippen LogP contribution in [0.5, 0.6) is 11.5 Å². The molecule has 0 saturated heterocycles. The van der Waals surface area contributed by atoms with Gasteiger partial charge in [-0.05, 0) is 43.9 Å². The Kier molecular flexibility index (Phi) is 14.6. The second-order valence-electron chi connectivity index (χ2n) is 10.0. The van der Waals surface area contributed by atoms with Crippen LogP contribution in [0.2, 0.25) is 0 Å². The zero-order valence-corrected chi connectivity index (χ0v) is 23.5. The van der Waals surface area contributed by atoms with Gasteiger partial charge in [-0.3, -0.25) is 19.2 Å². The van der Waals surface area contributed by atoms with Crippen molar-refractivity contribution < 1.29 is 38.5 Å². The third-order valence-electron chi connectivity index (χ3n) is 6.35. The highest BCUT2D eigenvalue weighted by Crippen LogP contribution is 2.32. The van der Waals surface area contributed by atoms with Crippen molar-refractivity contribution in [3.63, 3.8) is 0 Å². The molecule has 1 aromatic rings. The van der Waals surface area contributed by atoms with Crippen LogP contribution in [0.1, 0.15) is 104 Å². The van der Waals surface area contributed by atoms with Crippen molar-refractivity contribution in [3.05, 3.63) is 23.8 Å². The molecule has 0 heterocycles. The highest BCUT2D eigenvalue weighted by atomic mass is 16.6. The van der Waals surface area contributed by atoms with Gasteiger partial charge in [0.05, 0.1) is 5.92 Å². The Hall–Kier alpha value is -2.94. The van der Waals surface area contributed by atoms with Gasteiger partial charge in [0.2, 0.25) is 0 Å². The molecule has 214 valence electrons. The van der Waals surface area contributed by atoms with Crippen LogP contribution < -0.4 is 15.2 Å². The molecule has 3 N–H and O–H groups in total. The first-order chi connectivity index (χ1) is 17.9. The molecule has 3 atom stereocenters. The highest BCUT2D eigenvalue weighted by molar-refractivity contribution is 5.80. The molecule has 38 heavy (non-hydrogen) atoms. The van der Waals surface area contributed by atoms with Crippen LogP contribution in [0.3, 0.4) is 0 Å². The Morgan fingerprint density at radius 3 is 1.95 bits per heavy atom. The van der Waals surface area contributed by atoms with Crippen molar-refractivity contribution in [1.29, 1.82) is 0 Å². The third kappa shape index (κ3) is 11.6. The molecular weight excluding hydrogens is 490 g/mol. The van der Waals surface area contributed by atoms with Crippen molar-refractivity contribution in [2.45, 2.75) is 117 Å². The average molecular weight is 536 g/mol. The molecular formula is C29H45NO8. The van der Waals surface area contributed by atoms with Gasteiger partial charge in [-0.1, -0.05) is 59.4 Å². The molecule has 1 aromatic carbocycles. The minimum Gasteiger partial charge on any atom is -0.480 e. The zero-order chi connectivity index (χ0) is 28.7. The summed E-state index contributed by atoms with van der Waals surface area (Å²) in [5.74, 6) is -2.75. The van der Waals surface area contributed by atoms with Gasteiger partial charge in [-0.2, -0.15) is 0 Å². The predicted molar refractivity (Wildman–Crippen MR) is 144 cm³/mol. The van der Waals surface area contributed by atoms with Crippen molar-refractivity contribution >= 4 is 23.9 Å². The van der Waals surface area contributed by atoms with E-state index in [-0.39, 0.29) is 43.1 Å². The number of carbonyl (C=O) groups is 4. The van der Waals surface area contributed by atoms with E-state index in [1.165, 1.54) is 12.1 Å². The van der Waals surface area contributed by atoms with Crippen LogP contribution in [0.15, 0.2) is 18.2 Å². The number of carbonyl (C=O) groups excluding carboxylic acids is 3. The Labute approximate surface area is 226 Å². The summed E-state index contributed by atoms with van der Waals surface area (Å²) in [5, 5.41) is 9.92. The summed E-state index contributed by atoms with van der Waals surface area (Å²) in [5.41, 5.74) is 5.01. The van der Waals surface area contributed by atoms with Crippen molar-refractivity contribution in [2.75, 3.05) is 0 Å². The summed E-state index contributed by atoms with van der Waals surface area (Å²) in [4.78, 5) is 49.1. The maximum Gasteiger partial charge on any atom is 0.324 e. The lowest BCUT2D eigenvalue weighted by Gasteiger charge is -2.28. The van der Waals surface area contributed by atoms with Gasteiger partial charge < -0.3 is 25.1 Å². The van der Waals surface area contributed by atoms with Gasteiger partial charge in [-0.15, -0.1) is 0 Å². The molecule has 0 amide bonds. The number of hydrogen-bond acceptors (Lipinski definition) is 8. The van der Waals surface area contributed by atoms with Gasteiger partial charge in [-0.25, -0.2) is 0 Å². The van der Waals surface area contributed by atoms with Crippen molar-refractivity contribution in [2.24, 2.45) is 11.7 Å². The SMILES string of the molecule is CCCCCC(=O)Oc1ccc(CC(N)(C[C@H](C)OC(=O)C(C)CC)C(=O)O)cc1OC(=O)CCCCC. The first kappa shape index (κ1) is 33.1. The van der Waals surface area contributed by atoms with Crippen LogP contribution in [0.25, 0.3) is 0 Å². The number of ether oxygens (including phenoxy) is 3. The summed E-state index contributed by atoms with van der Waals surface area (Å²) >= 11 is 0. The number of nitrogens with two attached hydrogens (primary N) is 1. The fourth-order valence-electron chi connectivity index (χ4n) is 3.85. The summed E-state index contributed by atoms with van der Waals surface area (Å²) in [6.07, 6.45) is 5.11. The van der Waals surface area contributed by atoms with Crippen LogP contribution in [-0.2, 0) is 30.3 Å². The number of aliphatic carboxylic acids is 1. The van der Waals surface area contributed by atoms with E-state index in [4.69, 9.17) is 19.9 Å². The molecule has 0 spiro atoms. The number of esters is 3. The van der Waals surface area contributed by atoms with Crippen LogP contribution in [-0.4, -0.2) is 40.6 Å². The van der Waals surface area contributed by atoms with E-state index in [2.05, 4.69) is 0 Å². The van der Waals surface area contributed by atoms with Crippen molar-refractivity contribution in [3.8, 4) is 11.5 Å². The normalized spacial score (nSPS) is 14.2. The van der Waals surface area contributed by atoms with E-state index in [9.17, 15) is 24.3 Å². The largest absolute Gasteiger partial charge is 0.480 e. The number of carboxylic acid groups (broad SMARTS) is 1. The third-order valence-corrected chi connectivity index (χ3v) is 6.35. The molecule has 0 radical (unpaired) electrons. The second-order valence-corrected chi connectivity index (χ2v) is 10.0. The quantitative estimate of drug-likeness (QED) is 0.144. The molecule has 0 aliphatic heterocycles. The lowest BCUT2D eigenvalue weighted by Crippen LogP contribution is -2.52. The number of rotatable bonds is 18. The molecule has 9 heteroatoms. The molecule has 2 unspecified atom stereocenters. The number of hydrogen-bond donors (Lipinski definition) is 2. The van der Waals surface area contributed by atoms with Crippen LogP contribution >= 0.6 is 0 Å². The summed E-state index contributed by atoms with van der Waals surface area (Å²) in [6.45, 7) is 9.27. The smallest absolute Gasteiger partial charge is 0.324 e. The molecule has 0 bridgehead atoms. The Balaban J connectivity index is 3.13. The molecule has 0 aliphatic carbocycles. The van der Waals surface area contributed by atoms with E-state index in [0.29, 0.717) is 24.8 Å². The fourth-order valence-corrected chi connectivity index (χ4v) is 3.85. The number of benzene rings is 1. The van der Waals surface area contributed by atoms with E-state index in [1.807, 2.05) is 20.8 Å². The predicted octanol–water partition coefficient (Wildman–Crippen LogP) is 5.35. The summed E-state index contributed by atoms with van der Waals surface area (Å²) in [6, 6.07) is 4.55. The minimum atomic E-state index is -1.75. The number of carboxylic acids is 1. The monoisotopic (exact) mass is 535 g/mol. The van der Waals surface area contributed by atoms with Gasteiger partial charge in [0.1, 0.15) is 11.6 Å². The first-order valence-electron chi connectivity index (χ1n) is 13.7. The lowest BCUT2D eigenvalue weighted by molar-refractivity contribution is -0.156. The second kappa shape index (κ2) is 16.8. The summed E-state index contributed by atoms with van der Waals surface area (Å²) in [7, 11) is 0. The van der Waals surface area contributed by atoms with Crippen LogP contribution in [0, 0.1) is 5.92 Å². The molecule has 0 saturated carbocycles. The standard InChI is InChI=1S/C29H45NO8/c1-6-9-11-13-25(31)37-23-16-15-22(17-24(23)38-26(32)14-12-10-7-2)19-29(30,28(34)35)18-21(5)36-27(33)20(4)8-3/h15-17,20-21H,6-14,18-19,30H2,1-5H3,(H,34,35)/t20?,21-,29?/m0/s1. The lowest BCUT2D eigenvalue weighted by atomic mass is 9.86. The van der Waals surface area contributed by atoms with Gasteiger partial charge in [0, 0.05) is 25.7 Å². The van der Waals surface area contributed by atoms with Crippen LogP contribution in [0.4, 0.5) is 0 Å². The maximum atomic E-state index is 12.4. The maximum absolute atomic E-state index is 12.4. The van der Waals surface area contributed by atoms with E-state index >= 15 is 0 Å². The minimum absolute atomic E-state index is 0.0387. The van der Waals surface area contributed by atoms with E-state index in [0.717, 1.165) is 25.7 Å². The van der Waals surface area contributed by atoms with Crippen molar-refractivity contribution in [1.82, 2.24) is 0 Å². The molecule has 0 aromatic heterocycles. The van der Waals surface area contributed by atoms with Gasteiger partial charge in [0.15, 0.2) is 11.5 Å². The van der Waals surface area contributed by atoms with E-state index in [1.54, 1.807) is 19.9 Å². The topological polar surface area (TPSA) is 142 Å². The van der Waals surface area contributed by atoms with E-state index < -0.39 is 35.5 Å². The van der Waals surface area contributed by atoms with Gasteiger partial charge in [0.25, 0.3) is 0 Å². The van der Waals surface area contributed by atoms with Gasteiger partial charge >= 0.3 is 23.9 Å². The molecule has 9 nitrogen and oxygen atoms in total. The highest BCUT2D eigenvalue weighted by Gasteiger charge is 2.37. The number of unbranched alkanes of at least 4 members (excludes halogenated alkanes) is 4. The summed E-state index contributed by atoms with van der Waals surface area (Å²) < 4.78 is 16.4. The fraction of sp³-hybridized carbons (Fsp3) is 0.655. The first-order valence-corrected chi connectivity index (χ1v) is 13.7. The Morgan fingerprint density at radius 2 is 1.45 bits per heavy atom. The molecule has 0 aliphatic rings.